The smallest absolute Gasteiger partial charge is 0.269 e. The van der Waals surface area contributed by atoms with Gasteiger partial charge in [0.2, 0.25) is 10.0 Å². The second-order valence-electron chi connectivity index (χ2n) is 3.93. The molecule has 1 unspecified atom stereocenters. The van der Waals surface area contributed by atoms with Crippen LogP contribution in [-0.4, -0.2) is 49.0 Å². The molecule has 0 aliphatic heterocycles. The zero-order valence-electron chi connectivity index (χ0n) is 10.3. The normalized spacial score (nSPS) is 13.5. The largest absolute Gasteiger partial charge is 0.390 e. The minimum Gasteiger partial charge on any atom is -0.390 e. The lowest BCUT2D eigenvalue weighted by atomic mass is 10.3. The van der Waals surface area contributed by atoms with Gasteiger partial charge in [0.25, 0.3) is 5.69 Å². The topological polar surface area (TPSA) is 127 Å². The van der Waals surface area contributed by atoms with Crippen LogP contribution in [-0.2, 0) is 10.0 Å². The van der Waals surface area contributed by atoms with E-state index in [1.165, 1.54) is 7.05 Å². The van der Waals surface area contributed by atoms with Crippen molar-refractivity contribution in [3.05, 3.63) is 34.4 Å². The lowest BCUT2D eigenvalue weighted by Gasteiger charge is -2.19. The highest BCUT2D eigenvalue weighted by molar-refractivity contribution is 7.89. The molecule has 0 amide bonds. The Morgan fingerprint density at radius 1 is 1.42 bits per heavy atom. The molecule has 3 N–H and O–H groups in total. The first kappa shape index (κ1) is 15.5. The molecule has 1 rings (SSSR count). The number of nitrogens with two attached hydrogens (primary N) is 1. The van der Waals surface area contributed by atoms with Crippen LogP contribution in [0.25, 0.3) is 0 Å². The first-order chi connectivity index (χ1) is 8.78. The van der Waals surface area contributed by atoms with Crippen LogP contribution in [0.15, 0.2) is 29.2 Å². The molecule has 0 saturated heterocycles. The molecule has 1 aromatic carbocycles. The Morgan fingerprint density at radius 2 is 1.95 bits per heavy atom. The predicted molar refractivity (Wildman–Crippen MR) is 68.0 cm³/mol. The molecule has 0 saturated carbocycles. The molecule has 0 aliphatic rings. The maximum Gasteiger partial charge on any atom is 0.269 e. The molecule has 0 bridgehead atoms. The molecule has 0 radical (unpaired) electrons. The molecule has 9 heteroatoms. The van der Waals surface area contributed by atoms with E-state index in [9.17, 15) is 23.6 Å². The summed E-state index contributed by atoms with van der Waals surface area (Å²) in [6.45, 7) is -0.198. The fraction of sp³-hybridized carbons (Fsp3) is 0.400. The molecule has 0 fully saturated rings. The van der Waals surface area contributed by atoms with Gasteiger partial charge in [0.1, 0.15) is 0 Å². The average molecular weight is 289 g/mol. The Hall–Kier alpha value is -1.55. The van der Waals surface area contributed by atoms with E-state index in [-0.39, 0.29) is 23.7 Å². The van der Waals surface area contributed by atoms with Gasteiger partial charge >= 0.3 is 0 Å². The van der Waals surface area contributed by atoms with Crippen molar-refractivity contribution in [2.75, 3.05) is 20.1 Å². The number of benzene rings is 1. The summed E-state index contributed by atoms with van der Waals surface area (Å²) in [6, 6.07) is 4.53. The highest BCUT2D eigenvalue weighted by atomic mass is 32.2. The zero-order valence-corrected chi connectivity index (χ0v) is 11.1. The van der Waals surface area contributed by atoms with Gasteiger partial charge in [-0.05, 0) is 12.1 Å². The standard InChI is InChI=1S/C10H15N3O5S/c1-12(7-9(14)6-11)19(17,18)10-4-2-8(3-5-10)13(15)16/h2-5,9,14H,6-7,11H2,1H3. The molecule has 0 aromatic heterocycles. The summed E-state index contributed by atoms with van der Waals surface area (Å²) in [5.74, 6) is 0. The monoisotopic (exact) mass is 289 g/mol. The van der Waals surface area contributed by atoms with E-state index in [0.717, 1.165) is 28.6 Å². The van der Waals surface area contributed by atoms with Gasteiger partial charge in [0.15, 0.2) is 0 Å². The number of aliphatic hydroxyl groups is 1. The first-order valence-corrected chi connectivity index (χ1v) is 6.82. The summed E-state index contributed by atoms with van der Waals surface area (Å²) in [6.07, 6.45) is -0.960. The van der Waals surface area contributed by atoms with Crippen LogP contribution in [0.2, 0.25) is 0 Å². The number of nitro groups is 1. The van der Waals surface area contributed by atoms with Crippen molar-refractivity contribution < 1.29 is 18.4 Å². The van der Waals surface area contributed by atoms with Crippen LogP contribution in [0.3, 0.4) is 0 Å². The van der Waals surface area contributed by atoms with Crippen molar-refractivity contribution in [3.63, 3.8) is 0 Å². The minimum atomic E-state index is -3.79. The fourth-order valence-electron chi connectivity index (χ4n) is 1.39. The molecule has 106 valence electrons. The lowest BCUT2D eigenvalue weighted by molar-refractivity contribution is -0.384. The van der Waals surface area contributed by atoms with Crippen LogP contribution in [0.4, 0.5) is 5.69 Å². The molecular formula is C10H15N3O5S. The number of sulfonamides is 1. The van der Waals surface area contributed by atoms with Gasteiger partial charge in [-0.25, -0.2) is 8.42 Å². The summed E-state index contributed by atoms with van der Waals surface area (Å²) < 4.78 is 25.1. The summed E-state index contributed by atoms with van der Waals surface area (Å²) in [5.41, 5.74) is 5.02. The Kier molecular flexibility index (Phi) is 4.95. The number of rotatable bonds is 6. The Balaban J connectivity index is 2.96. The van der Waals surface area contributed by atoms with Crippen LogP contribution in [0, 0.1) is 10.1 Å². The third kappa shape index (κ3) is 3.70. The molecule has 1 aromatic rings. The van der Waals surface area contributed by atoms with Gasteiger partial charge in [-0.2, -0.15) is 4.31 Å². The molecule has 0 aliphatic carbocycles. The van der Waals surface area contributed by atoms with Crippen molar-refractivity contribution >= 4 is 15.7 Å². The molecule has 1 atom stereocenters. The van der Waals surface area contributed by atoms with E-state index in [1.807, 2.05) is 0 Å². The third-order valence-corrected chi connectivity index (χ3v) is 4.33. The van der Waals surface area contributed by atoms with E-state index < -0.39 is 21.1 Å². The van der Waals surface area contributed by atoms with Crippen molar-refractivity contribution in [1.82, 2.24) is 4.31 Å². The number of hydrogen-bond acceptors (Lipinski definition) is 6. The molecule has 8 nitrogen and oxygen atoms in total. The van der Waals surface area contributed by atoms with E-state index in [0.29, 0.717) is 0 Å². The highest BCUT2D eigenvalue weighted by Gasteiger charge is 2.23. The molecule has 0 spiro atoms. The lowest BCUT2D eigenvalue weighted by Crippen LogP contribution is -2.37. The van der Waals surface area contributed by atoms with Gasteiger partial charge < -0.3 is 10.8 Å². The van der Waals surface area contributed by atoms with E-state index >= 15 is 0 Å². The molecule has 19 heavy (non-hydrogen) atoms. The Morgan fingerprint density at radius 3 is 2.37 bits per heavy atom. The number of nitro benzene ring substituents is 1. The van der Waals surface area contributed by atoms with Crippen molar-refractivity contribution in [3.8, 4) is 0 Å². The second-order valence-corrected chi connectivity index (χ2v) is 5.97. The highest BCUT2D eigenvalue weighted by Crippen LogP contribution is 2.18. The summed E-state index contributed by atoms with van der Waals surface area (Å²) in [5, 5.41) is 19.8. The van der Waals surface area contributed by atoms with Crippen molar-refractivity contribution in [2.24, 2.45) is 5.73 Å². The summed E-state index contributed by atoms with van der Waals surface area (Å²) in [4.78, 5) is 9.79. The molecular weight excluding hydrogens is 274 g/mol. The van der Waals surface area contributed by atoms with Crippen LogP contribution in [0.5, 0.6) is 0 Å². The average Bonchev–Trinajstić information content (AvgIpc) is 2.38. The number of nitrogens with zero attached hydrogens (tertiary/aromatic N) is 2. The van der Waals surface area contributed by atoms with Gasteiger partial charge in [-0.15, -0.1) is 0 Å². The minimum absolute atomic E-state index is 0.0554. The van der Waals surface area contributed by atoms with Gasteiger partial charge in [0, 0.05) is 32.3 Å². The maximum absolute atomic E-state index is 12.1. The maximum atomic E-state index is 12.1. The van der Waals surface area contributed by atoms with E-state index in [1.54, 1.807) is 0 Å². The van der Waals surface area contributed by atoms with Crippen molar-refractivity contribution in [1.29, 1.82) is 0 Å². The number of likely N-dealkylation sites (N-methyl/N-ethyl adjacent to an activating group) is 1. The second kappa shape index (κ2) is 6.06. The summed E-state index contributed by atoms with van der Waals surface area (Å²) in [7, 11) is -2.49. The van der Waals surface area contributed by atoms with Gasteiger partial charge in [-0.3, -0.25) is 10.1 Å². The summed E-state index contributed by atoms with van der Waals surface area (Å²) >= 11 is 0. The predicted octanol–water partition coefficient (Wildman–Crippen LogP) is -0.465. The number of hydrogen-bond donors (Lipinski definition) is 2. The number of aliphatic hydroxyl groups excluding tert-OH is 1. The first-order valence-electron chi connectivity index (χ1n) is 5.38. The fourth-order valence-corrected chi connectivity index (χ4v) is 2.60. The van der Waals surface area contributed by atoms with Crippen molar-refractivity contribution in [2.45, 2.75) is 11.0 Å². The number of non-ortho nitro benzene ring substituents is 1. The van der Waals surface area contributed by atoms with Gasteiger partial charge in [-0.1, -0.05) is 0 Å². The van der Waals surface area contributed by atoms with Crippen LogP contribution >= 0.6 is 0 Å². The van der Waals surface area contributed by atoms with Gasteiger partial charge in [0.05, 0.1) is 15.9 Å². The molecule has 0 heterocycles. The Bertz CT molecular complexity index is 543. The zero-order chi connectivity index (χ0) is 14.6. The van der Waals surface area contributed by atoms with Crippen LogP contribution in [0.1, 0.15) is 0 Å². The van der Waals surface area contributed by atoms with Crippen LogP contribution < -0.4 is 5.73 Å². The quantitative estimate of drug-likeness (QED) is 0.538. The third-order valence-electron chi connectivity index (χ3n) is 2.50. The van der Waals surface area contributed by atoms with E-state index in [2.05, 4.69) is 0 Å². The van der Waals surface area contributed by atoms with E-state index in [4.69, 9.17) is 5.73 Å². The SMILES string of the molecule is CN(CC(O)CN)S(=O)(=O)c1ccc([N+](=O)[O-])cc1. The Labute approximate surface area is 110 Å².